The minimum absolute atomic E-state index is 0.0653. The topological polar surface area (TPSA) is 67.5 Å². The standard InChI is InChI=1S/C20H25N3O3/c1-25-15-6-2-7-16(11-15)26-13-14-5-4-10-23(12-14)20(24)19-17-8-3-9-18(17)21-22-19/h2,6-7,11,14H,3-5,8-10,12-13H2,1H3,(H,21,22). The molecule has 4 rings (SSSR count). The van der Waals surface area contributed by atoms with E-state index in [1.54, 1.807) is 7.11 Å². The Hall–Kier alpha value is -2.50. The van der Waals surface area contributed by atoms with Crippen molar-refractivity contribution >= 4 is 5.91 Å². The van der Waals surface area contributed by atoms with E-state index in [9.17, 15) is 4.79 Å². The smallest absolute Gasteiger partial charge is 0.274 e. The summed E-state index contributed by atoms with van der Waals surface area (Å²) in [6.45, 7) is 2.14. The van der Waals surface area contributed by atoms with E-state index in [1.165, 1.54) is 0 Å². The van der Waals surface area contributed by atoms with E-state index in [0.29, 0.717) is 18.2 Å². The number of nitrogens with zero attached hydrogens (tertiary/aromatic N) is 2. The van der Waals surface area contributed by atoms with Gasteiger partial charge in [-0.15, -0.1) is 0 Å². The Morgan fingerprint density at radius 2 is 2.19 bits per heavy atom. The first kappa shape index (κ1) is 16.9. The molecule has 1 fully saturated rings. The zero-order valence-corrected chi connectivity index (χ0v) is 15.2. The van der Waals surface area contributed by atoms with Crippen molar-refractivity contribution in [2.24, 2.45) is 5.92 Å². The van der Waals surface area contributed by atoms with Gasteiger partial charge < -0.3 is 14.4 Å². The largest absolute Gasteiger partial charge is 0.497 e. The van der Waals surface area contributed by atoms with Crippen molar-refractivity contribution in [2.45, 2.75) is 32.1 Å². The van der Waals surface area contributed by atoms with E-state index in [4.69, 9.17) is 9.47 Å². The third-order valence-electron chi connectivity index (χ3n) is 5.34. The summed E-state index contributed by atoms with van der Waals surface area (Å²) in [5, 5.41) is 7.33. The zero-order valence-electron chi connectivity index (χ0n) is 15.2. The number of aryl methyl sites for hydroxylation is 1. The number of methoxy groups -OCH3 is 1. The van der Waals surface area contributed by atoms with Crippen LogP contribution in [0.5, 0.6) is 11.5 Å². The number of rotatable bonds is 5. The van der Waals surface area contributed by atoms with Crippen LogP contribution < -0.4 is 9.47 Å². The lowest BCUT2D eigenvalue weighted by atomic mass is 9.98. The average molecular weight is 355 g/mol. The summed E-state index contributed by atoms with van der Waals surface area (Å²) in [5.41, 5.74) is 2.90. The third kappa shape index (κ3) is 3.41. The number of fused-ring (bicyclic) bond motifs is 1. The van der Waals surface area contributed by atoms with E-state index in [1.807, 2.05) is 29.2 Å². The molecule has 1 aliphatic heterocycles. The van der Waals surface area contributed by atoms with Crippen LogP contribution in [0.25, 0.3) is 0 Å². The number of hydrogen-bond acceptors (Lipinski definition) is 4. The molecule has 1 saturated heterocycles. The summed E-state index contributed by atoms with van der Waals surface area (Å²) in [4.78, 5) is 14.9. The van der Waals surface area contributed by atoms with Gasteiger partial charge in [-0.25, -0.2) is 0 Å². The first-order chi connectivity index (χ1) is 12.7. The lowest BCUT2D eigenvalue weighted by Crippen LogP contribution is -2.42. The predicted molar refractivity (Wildman–Crippen MR) is 97.7 cm³/mol. The van der Waals surface area contributed by atoms with Crippen LogP contribution >= 0.6 is 0 Å². The lowest BCUT2D eigenvalue weighted by molar-refractivity contribution is 0.0626. The van der Waals surface area contributed by atoms with Crippen LogP contribution in [0.2, 0.25) is 0 Å². The number of hydrogen-bond donors (Lipinski definition) is 1. The SMILES string of the molecule is COc1cccc(OCC2CCCN(C(=O)c3n[nH]c4c3CCC4)C2)c1. The quantitative estimate of drug-likeness (QED) is 0.896. The third-order valence-corrected chi connectivity index (χ3v) is 5.34. The van der Waals surface area contributed by atoms with Gasteiger partial charge in [0, 0.05) is 36.3 Å². The van der Waals surface area contributed by atoms with Gasteiger partial charge >= 0.3 is 0 Å². The van der Waals surface area contributed by atoms with E-state index < -0.39 is 0 Å². The minimum atomic E-state index is 0.0653. The molecule has 1 unspecified atom stereocenters. The zero-order chi connectivity index (χ0) is 17.9. The van der Waals surface area contributed by atoms with Crippen molar-refractivity contribution in [3.63, 3.8) is 0 Å². The predicted octanol–water partition coefficient (Wildman–Crippen LogP) is 2.84. The number of carbonyl (C=O) groups excluding carboxylic acids is 1. The highest BCUT2D eigenvalue weighted by molar-refractivity contribution is 5.94. The van der Waals surface area contributed by atoms with Crippen molar-refractivity contribution in [1.82, 2.24) is 15.1 Å². The molecule has 138 valence electrons. The molecule has 1 aromatic carbocycles. The molecule has 0 saturated carbocycles. The molecule has 0 bridgehead atoms. The first-order valence-corrected chi connectivity index (χ1v) is 9.37. The Morgan fingerprint density at radius 3 is 3.08 bits per heavy atom. The number of carbonyl (C=O) groups is 1. The maximum atomic E-state index is 12.9. The summed E-state index contributed by atoms with van der Waals surface area (Å²) in [6, 6.07) is 7.64. The molecule has 2 aromatic rings. The molecule has 1 atom stereocenters. The number of ether oxygens (including phenoxy) is 2. The number of piperidine rings is 1. The number of amides is 1. The van der Waals surface area contributed by atoms with Crippen LogP contribution in [0.3, 0.4) is 0 Å². The number of aromatic amines is 1. The van der Waals surface area contributed by atoms with Crippen LogP contribution in [-0.4, -0.2) is 47.8 Å². The highest BCUT2D eigenvalue weighted by Gasteiger charge is 2.30. The Labute approximate surface area is 153 Å². The molecule has 0 radical (unpaired) electrons. The molecule has 1 N–H and O–H groups in total. The second-order valence-corrected chi connectivity index (χ2v) is 7.13. The Bertz CT molecular complexity index is 786. The van der Waals surface area contributed by atoms with Gasteiger partial charge in [-0.1, -0.05) is 6.07 Å². The molecule has 26 heavy (non-hydrogen) atoms. The molecule has 1 aliphatic carbocycles. The monoisotopic (exact) mass is 355 g/mol. The fourth-order valence-corrected chi connectivity index (χ4v) is 3.94. The van der Waals surface area contributed by atoms with Crippen LogP contribution in [0, 0.1) is 5.92 Å². The molecular weight excluding hydrogens is 330 g/mol. The normalized spacial score (nSPS) is 19.3. The Morgan fingerprint density at radius 1 is 1.31 bits per heavy atom. The van der Waals surface area contributed by atoms with Gasteiger partial charge in [-0.3, -0.25) is 9.89 Å². The van der Waals surface area contributed by atoms with Gasteiger partial charge in [-0.2, -0.15) is 5.10 Å². The molecule has 6 nitrogen and oxygen atoms in total. The summed E-state index contributed by atoms with van der Waals surface area (Å²) >= 11 is 0. The fraction of sp³-hybridized carbons (Fsp3) is 0.500. The van der Waals surface area contributed by atoms with Crippen molar-refractivity contribution < 1.29 is 14.3 Å². The summed E-state index contributed by atoms with van der Waals surface area (Å²) in [6.07, 6.45) is 5.16. The summed E-state index contributed by atoms with van der Waals surface area (Å²) in [7, 11) is 1.65. The highest BCUT2D eigenvalue weighted by Crippen LogP contribution is 2.26. The van der Waals surface area contributed by atoms with E-state index in [-0.39, 0.29) is 5.91 Å². The first-order valence-electron chi connectivity index (χ1n) is 9.37. The van der Waals surface area contributed by atoms with Crippen molar-refractivity contribution in [3.8, 4) is 11.5 Å². The van der Waals surface area contributed by atoms with Crippen molar-refractivity contribution in [1.29, 1.82) is 0 Å². The second kappa shape index (κ2) is 7.40. The summed E-state index contributed by atoms with van der Waals surface area (Å²) < 4.78 is 11.2. The van der Waals surface area contributed by atoms with Gasteiger partial charge in [-0.05, 0) is 44.2 Å². The van der Waals surface area contributed by atoms with Crippen LogP contribution in [0.1, 0.15) is 41.0 Å². The van der Waals surface area contributed by atoms with Crippen molar-refractivity contribution in [3.05, 3.63) is 41.2 Å². The number of benzene rings is 1. The molecular formula is C20H25N3O3. The molecule has 1 amide bonds. The Balaban J connectivity index is 1.37. The molecule has 0 spiro atoms. The maximum Gasteiger partial charge on any atom is 0.274 e. The summed E-state index contributed by atoms with van der Waals surface area (Å²) in [5.74, 6) is 2.00. The van der Waals surface area contributed by atoms with Crippen LogP contribution in [0.4, 0.5) is 0 Å². The van der Waals surface area contributed by atoms with E-state index in [2.05, 4.69) is 10.2 Å². The number of aromatic nitrogens is 2. The molecule has 6 heteroatoms. The lowest BCUT2D eigenvalue weighted by Gasteiger charge is -2.32. The van der Waals surface area contributed by atoms with E-state index >= 15 is 0 Å². The molecule has 2 aliphatic rings. The fourth-order valence-electron chi connectivity index (χ4n) is 3.94. The molecule has 2 heterocycles. The number of likely N-dealkylation sites (tertiary alicyclic amines) is 1. The van der Waals surface area contributed by atoms with Gasteiger partial charge in [0.05, 0.1) is 13.7 Å². The average Bonchev–Trinajstić information content (AvgIpc) is 3.30. The van der Waals surface area contributed by atoms with Gasteiger partial charge in [0.25, 0.3) is 5.91 Å². The minimum Gasteiger partial charge on any atom is -0.497 e. The Kier molecular flexibility index (Phi) is 4.82. The van der Waals surface area contributed by atoms with Gasteiger partial charge in [0.1, 0.15) is 11.5 Å². The van der Waals surface area contributed by atoms with Crippen molar-refractivity contribution in [2.75, 3.05) is 26.8 Å². The van der Waals surface area contributed by atoms with Crippen LogP contribution in [0.15, 0.2) is 24.3 Å². The van der Waals surface area contributed by atoms with Gasteiger partial charge in [0.15, 0.2) is 5.69 Å². The number of H-pyrrole nitrogens is 1. The number of nitrogens with one attached hydrogen (secondary N) is 1. The van der Waals surface area contributed by atoms with Crippen LogP contribution in [-0.2, 0) is 12.8 Å². The second-order valence-electron chi connectivity index (χ2n) is 7.13. The molecule has 1 aromatic heterocycles. The highest BCUT2D eigenvalue weighted by atomic mass is 16.5. The van der Waals surface area contributed by atoms with E-state index in [0.717, 1.165) is 68.0 Å². The maximum absolute atomic E-state index is 12.9. The van der Waals surface area contributed by atoms with Gasteiger partial charge in [0.2, 0.25) is 0 Å².